The lowest BCUT2D eigenvalue weighted by Gasteiger charge is -2.25. The van der Waals surface area contributed by atoms with Gasteiger partial charge in [-0.1, -0.05) is 6.92 Å². The van der Waals surface area contributed by atoms with Crippen LogP contribution in [-0.2, 0) is 9.59 Å². The van der Waals surface area contributed by atoms with Crippen LogP contribution in [0.3, 0.4) is 0 Å². The van der Waals surface area contributed by atoms with Gasteiger partial charge >= 0.3 is 5.97 Å². The van der Waals surface area contributed by atoms with Crippen molar-refractivity contribution in [2.75, 3.05) is 11.4 Å². The van der Waals surface area contributed by atoms with Crippen molar-refractivity contribution in [2.45, 2.75) is 26.2 Å². The lowest BCUT2D eigenvalue weighted by Crippen LogP contribution is -2.33. The normalized spacial score (nSPS) is 10.5. The second-order valence-corrected chi connectivity index (χ2v) is 7.69. The SMILES string of the molecule is CCCN(C(=O)CCC(=O)O)c1c(I)cc(I)c(O)c1I. The van der Waals surface area contributed by atoms with E-state index in [-0.39, 0.29) is 24.5 Å². The number of benzene rings is 1. The predicted octanol–water partition coefficient (Wildman–Crippen LogP) is 3.81. The second kappa shape index (κ2) is 8.70. The molecule has 21 heavy (non-hydrogen) atoms. The highest BCUT2D eigenvalue weighted by Gasteiger charge is 2.23. The molecule has 0 saturated carbocycles. The third kappa shape index (κ3) is 5.08. The van der Waals surface area contributed by atoms with E-state index in [1.807, 2.05) is 52.1 Å². The molecule has 116 valence electrons. The van der Waals surface area contributed by atoms with Crippen LogP contribution in [0.15, 0.2) is 6.07 Å². The van der Waals surface area contributed by atoms with Gasteiger partial charge in [0.25, 0.3) is 0 Å². The zero-order chi connectivity index (χ0) is 16.2. The number of rotatable bonds is 6. The summed E-state index contributed by atoms with van der Waals surface area (Å²) in [5, 5.41) is 18.8. The smallest absolute Gasteiger partial charge is 0.303 e. The van der Waals surface area contributed by atoms with Crippen LogP contribution in [0.1, 0.15) is 26.2 Å². The number of carboxylic acid groups (broad SMARTS) is 1. The fourth-order valence-corrected chi connectivity index (χ4v) is 5.70. The molecule has 0 spiro atoms. The van der Waals surface area contributed by atoms with Gasteiger partial charge in [-0.05, 0) is 80.3 Å². The molecule has 1 aromatic carbocycles. The maximum atomic E-state index is 12.3. The standard InChI is InChI=1S/C13H14I3NO4/c1-2-5-17(9(18)3-4-10(19)20)12-7(14)6-8(15)13(21)11(12)16/h6,21H,2-5H2,1H3,(H,19,20). The quantitative estimate of drug-likeness (QED) is 0.470. The number of carbonyl (C=O) groups excluding carboxylic acids is 1. The summed E-state index contributed by atoms with van der Waals surface area (Å²) in [6, 6.07) is 1.81. The van der Waals surface area contributed by atoms with Crippen LogP contribution < -0.4 is 4.90 Å². The summed E-state index contributed by atoms with van der Waals surface area (Å²) < 4.78 is 2.19. The van der Waals surface area contributed by atoms with E-state index in [4.69, 9.17) is 5.11 Å². The van der Waals surface area contributed by atoms with Crippen LogP contribution in [-0.4, -0.2) is 28.6 Å². The van der Waals surface area contributed by atoms with E-state index in [2.05, 4.69) is 22.6 Å². The minimum atomic E-state index is -0.991. The molecular weight excluding hydrogens is 615 g/mol. The summed E-state index contributed by atoms with van der Waals surface area (Å²) in [6.07, 6.45) is 0.508. The number of anilines is 1. The largest absolute Gasteiger partial charge is 0.506 e. The number of hydrogen-bond acceptors (Lipinski definition) is 3. The zero-order valence-corrected chi connectivity index (χ0v) is 17.7. The van der Waals surface area contributed by atoms with Crippen molar-refractivity contribution in [3.63, 3.8) is 0 Å². The molecule has 0 aliphatic heterocycles. The van der Waals surface area contributed by atoms with Gasteiger partial charge in [0.2, 0.25) is 5.91 Å². The number of halogens is 3. The molecule has 0 saturated heterocycles. The molecule has 2 N–H and O–H groups in total. The van der Waals surface area contributed by atoms with Gasteiger partial charge in [-0.3, -0.25) is 9.59 Å². The van der Waals surface area contributed by atoms with Gasteiger partial charge in [0.15, 0.2) is 0 Å². The molecule has 0 aromatic heterocycles. The highest BCUT2D eigenvalue weighted by molar-refractivity contribution is 14.1. The lowest BCUT2D eigenvalue weighted by molar-refractivity contribution is -0.138. The van der Waals surface area contributed by atoms with Crippen molar-refractivity contribution in [1.82, 2.24) is 0 Å². The summed E-state index contributed by atoms with van der Waals surface area (Å²) in [4.78, 5) is 24.5. The van der Waals surface area contributed by atoms with Crippen molar-refractivity contribution in [3.05, 3.63) is 16.8 Å². The minimum absolute atomic E-state index is 0.0474. The van der Waals surface area contributed by atoms with Gasteiger partial charge in [0.1, 0.15) is 5.75 Å². The van der Waals surface area contributed by atoms with Gasteiger partial charge in [0.05, 0.1) is 19.2 Å². The van der Waals surface area contributed by atoms with Gasteiger partial charge in [-0.2, -0.15) is 0 Å². The Hall–Kier alpha value is 0.150. The molecular formula is C13H14I3NO4. The third-order valence-electron chi connectivity index (χ3n) is 2.69. The van der Waals surface area contributed by atoms with Crippen molar-refractivity contribution in [1.29, 1.82) is 0 Å². The third-order valence-corrected chi connectivity index (χ3v) is 5.36. The van der Waals surface area contributed by atoms with Crippen LogP contribution in [0.2, 0.25) is 0 Å². The Morgan fingerprint density at radius 1 is 1.19 bits per heavy atom. The molecule has 0 aliphatic carbocycles. The van der Waals surface area contributed by atoms with Gasteiger partial charge in [-0.25, -0.2) is 0 Å². The monoisotopic (exact) mass is 629 g/mol. The van der Waals surface area contributed by atoms with Crippen LogP contribution in [0.4, 0.5) is 5.69 Å². The van der Waals surface area contributed by atoms with E-state index in [9.17, 15) is 14.7 Å². The number of hydrogen-bond donors (Lipinski definition) is 2. The fraction of sp³-hybridized carbons (Fsp3) is 0.385. The number of aromatic hydroxyl groups is 1. The molecule has 0 bridgehead atoms. The maximum absolute atomic E-state index is 12.3. The second-order valence-electron chi connectivity index (χ2n) is 4.29. The van der Waals surface area contributed by atoms with E-state index in [1.54, 1.807) is 11.0 Å². The van der Waals surface area contributed by atoms with Crippen molar-refractivity contribution in [2.24, 2.45) is 0 Å². The van der Waals surface area contributed by atoms with E-state index in [1.165, 1.54) is 0 Å². The van der Waals surface area contributed by atoms with Crippen molar-refractivity contribution < 1.29 is 19.8 Å². The number of carboxylic acids is 1. The molecule has 8 heteroatoms. The molecule has 0 aliphatic rings. The van der Waals surface area contributed by atoms with Crippen LogP contribution in [0.5, 0.6) is 5.75 Å². The number of phenolic OH excluding ortho intramolecular Hbond substituents is 1. The van der Waals surface area contributed by atoms with E-state index >= 15 is 0 Å². The van der Waals surface area contributed by atoms with E-state index < -0.39 is 5.97 Å². The zero-order valence-electron chi connectivity index (χ0n) is 11.2. The summed E-state index contributed by atoms with van der Waals surface area (Å²) in [6.45, 7) is 2.44. The molecule has 0 atom stereocenters. The number of aliphatic carboxylic acids is 1. The van der Waals surface area contributed by atoms with E-state index in [0.717, 1.165) is 13.6 Å². The number of nitrogens with zero attached hydrogens (tertiary/aromatic N) is 1. The van der Waals surface area contributed by atoms with Crippen LogP contribution in [0.25, 0.3) is 0 Å². The summed E-state index contributed by atoms with van der Waals surface area (Å²) in [5.74, 6) is -1.08. The first-order valence-electron chi connectivity index (χ1n) is 6.18. The average Bonchev–Trinajstić information content (AvgIpc) is 2.41. The summed E-state index contributed by atoms with van der Waals surface area (Å²) in [7, 11) is 0. The van der Waals surface area contributed by atoms with Crippen LogP contribution >= 0.6 is 67.8 Å². The molecule has 0 radical (unpaired) electrons. The first kappa shape index (κ1) is 19.2. The van der Waals surface area contributed by atoms with Gasteiger partial charge in [0, 0.05) is 16.5 Å². The van der Waals surface area contributed by atoms with Gasteiger partial charge < -0.3 is 15.1 Å². The fourth-order valence-electron chi connectivity index (χ4n) is 1.75. The van der Waals surface area contributed by atoms with Crippen molar-refractivity contribution in [3.8, 4) is 5.75 Å². The topological polar surface area (TPSA) is 77.8 Å². The Kier molecular flexibility index (Phi) is 7.95. The lowest BCUT2D eigenvalue weighted by atomic mass is 10.2. The predicted molar refractivity (Wildman–Crippen MR) is 106 cm³/mol. The highest BCUT2D eigenvalue weighted by atomic mass is 127. The molecule has 0 fully saturated rings. The van der Waals surface area contributed by atoms with Crippen LogP contribution in [0, 0.1) is 10.7 Å². The summed E-state index contributed by atoms with van der Waals surface area (Å²) in [5.41, 5.74) is 0.659. The molecule has 5 nitrogen and oxygen atoms in total. The Balaban J connectivity index is 3.20. The Morgan fingerprint density at radius 2 is 1.81 bits per heavy atom. The number of carbonyl (C=O) groups is 2. The molecule has 0 heterocycles. The van der Waals surface area contributed by atoms with E-state index in [0.29, 0.717) is 15.8 Å². The number of amides is 1. The first-order chi connectivity index (χ1) is 9.79. The summed E-state index contributed by atoms with van der Waals surface area (Å²) >= 11 is 6.18. The van der Waals surface area contributed by atoms with Crippen molar-refractivity contribution >= 4 is 85.3 Å². The Morgan fingerprint density at radius 3 is 2.33 bits per heavy atom. The first-order valence-corrected chi connectivity index (χ1v) is 9.41. The Bertz CT molecular complexity index is 563. The van der Waals surface area contributed by atoms with Gasteiger partial charge in [-0.15, -0.1) is 0 Å². The molecule has 0 unspecified atom stereocenters. The highest BCUT2D eigenvalue weighted by Crippen LogP contribution is 2.38. The maximum Gasteiger partial charge on any atom is 0.303 e. The molecule has 1 amide bonds. The molecule has 1 aromatic rings. The number of phenols is 1. The average molecular weight is 629 g/mol. The Labute approximate surface area is 163 Å². The molecule has 1 rings (SSSR count). The minimum Gasteiger partial charge on any atom is -0.506 e.